The lowest BCUT2D eigenvalue weighted by Gasteiger charge is -2.26. The minimum Gasteiger partial charge on any atom is -0.480 e. The van der Waals surface area contributed by atoms with Crippen LogP contribution in [0.1, 0.15) is 50.3 Å². The third kappa shape index (κ3) is 11.1. The molecule has 0 aromatic heterocycles. The number of epoxide rings is 1. The van der Waals surface area contributed by atoms with E-state index in [9.17, 15) is 19.5 Å². The summed E-state index contributed by atoms with van der Waals surface area (Å²) in [4.78, 5) is 36.3. The molecular formula is C30H41N5O5S. The highest BCUT2D eigenvalue weighted by Crippen LogP contribution is 2.33. The number of unbranched alkanes of at least 4 members (excludes halogenated alkanes) is 1. The Morgan fingerprint density at radius 3 is 2.39 bits per heavy atom. The summed E-state index contributed by atoms with van der Waals surface area (Å²) in [6.07, 6.45) is 2.46. The number of carboxylic acid groups (broad SMARTS) is 1. The lowest BCUT2D eigenvalue weighted by atomic mass is 10.0. The molecule has 11 heteroatoms. The van der Waals surface area contributed by atoms with Gasteiger partial charge in [0.15, 0.2) is 0 Å². The highest BCUT2D eigenvalue weighted by molar-refractivity contribution is 8.00. The van der Waals surface area contributed by atoms with Gasteiger partial charge in [0.1, 0.15) is 18.2 Å². The van der Waals surface area contributed by atoms with Crippen LogP contribution in [0.15, 0.2) is 67.0 Å². The van der Waals surface area contributed by atoms with Gasteiger partial charge in [0.05, 0.1) is 12.4 Å². The van der Waals surface area contributed by atoms with Crippen molar-refractivity contribution in [1.29, 1.82) is 0 Å². The second kappa shape index (κ2) is 15.5. The summed E-state index contributed by atoms with van der Waals surface area (Å²) >= 11 is 1.62. The van der Waals surface area contributed by atoms with Gasteiger partial charge >= 0.3 is 5.97 Å². The molecule has 0 spiro atoms. The molecule has 3 atom stereocenters. The van der Waals surface area contributed by atoms with E-state index in [1.54, 1.807) is 36.0 Å². The summed E-state index contributed by atoms with van der Waals surface area (Å²) < 4.78 is 4.79. The highest BCUT2D eigenvalue weighted by atomic mass is 32.2. The number of amides is 2. The predicted molar refractivity (Wildman–Crippen MR) is 162 cm³/mol. The van der Waals surface area contributed by atoms with Crippen molar-refractivity contribution in [3.63, 3.8) is 0 Å². The number of carbonyl (C=O) groups is 3. The Balaban J connectivity index is 0.000000428. The standard InChI is InChI=1S/C22H33N5O4S.C8H8O/c1-14(23)24-11-5-4-6-18(28)26-16-9-7-15(8-10-16)12-17(21(30)31)27-20(29)19-22(2,3)32-13-25-19;1-2-4-7(5-3-1)8-6-9-8/h7-10,17,19,24-25H,1,4-6,11-13,23H2,2-3H3,(H,26,28)(H,27,29)(H,30,31);1-5,8H,6H2. The van der Waals surface area contributed by atoms with Crippen LogP contribution in [0.2, 0.25) is 0 Å². The number of aliphatic carboxylic acids is 1. The fraction of sp³-hybridized carbons (Fsp3) is 0.433. The molecule has 2 heterocycles. The third-order valence-electron chi connectivity index (χ3n) is 6.67. The van der Waals surface area contributed by atoms with Crippen molar-refractivity contribution >= 4 is 35.2 Å². The van der Waals surface area contributed by atoms with E-state index in [1.165, 1.54) is 5.56 Å². The number of ether oxygens (including phenoxy) is 1. The lowest BCUT2D eigenvalue weighted by molar-refractivity contribution is -0.142. The summed E-state index contributed by atoms with van der Waals surface area (Å²) in [5, 5.41) is 21.1. The Kier molecular flexibility index (Phi) is 12.1. The number of hydrogen-bond donors (Lipinski definition) is 6. The normalized spacial score (nSPS) is 19.2. The van der Waals surface area contributed by atoms with Gasteiger partial charge in [-0.15, -0.1) is 11.8 Å². The van der Waals surface area contributed by atoms with Gasteiger partial charge in [-0.1, -0.05) is 49.0 Å². The molecular weight excluding hydrogens is 542 g/mol. The fourth-order valence-electron chi connectivity index (χ4n) is 4.25. The van der Waals surface area contributed by atoms with Crippen molar-refractivity contribution in [1.82, 2.24) is 16.0 Å². The molecule has 2 aliphatic heterocycles. The molecule has 2 fully saturated rings. The number of nitrogens with two attached hydrogens (primary N) is 1. The predicted octanol–water partition coefficient (Wildman–Crippen LogP) is 3.13. The molecule has 0 bridgehead atoms. The monoisotopic (exact) mass is 583 g/mol. The Hall–Kier alpha value is -3.54. The second-order valence-corrected chi connectivity index (χ2v) is 12.1. The molecule has 2 amide bonds. The van der Waals surface area contributed by atoms with Crippen molar-refractivity contribution in [2.45, 2.75) is 62.5 Å². The number of thioether (sulfide) groups is 1. The van der Waals surface area contributed by atoms with E-state index < -0.39 is 18.1 Å². The third-order valence-corrected chi connectivity index (χ3v) is 7.96. The Morgan fingerprint density at radius 1 is 1.15 bits per heavy atom. The van der Waals surface area contributed by atoms with Crippen molar-refractivity contribution < 1.29 is 24.2 Å². The van der Waals surface area contributed by atoms with E-state index in [0.29, 0.717) is 36.5 Å². The number of hydrogen-bond acceptors (Lipinski definition) is 8. The smallest absolute Gasteiger partial charge is 0.326 e. The molecule has 2 aromatic carbocycles. The van der Waals surface area contributed by atoms with Gasteiger partial charge in [-0.05, 0) is 49.9 Å². The van der Waals surface area contributed by atoms with E-state index in [-0.39, 0.29) is 23.0 Å². The molecule has 2 aliphatic rings. The number of benzene rings is 2. The van der Waals surface area contributed by atoms with Gasteiger partial charge in [-0.3, -0.25) is 14.9 Å². The summed E-state index contributed by atoms with van der Waals surface area (Å²) in [6.45, 7) is 9.04. The minimum atomic E-state index is -1.09. The quantitative estimate of drug-likeness (QED) is 0.154. The average molecular weight is 584 g/mol. The zero-order chi connectivity index (χ0) is 29.8. The first-order valence-electron chi connectivity index (χ1n) is 13.7. The summed E-state index contributed by atoms with van der Waals surface area (Å²) in [7, 11) is 0. The van der Waals surface area contributed by atoms with Crippen LogP contribution in [0, 0.1) is 0 Å². The van der Waals surface area contributed by atoms with Gasteiger partial charge < -0.3 is 31.5 Å². The number of carbonyl (C=O) groups excluding carboxylic acids is 2. The maximum absolute atomic E-state index is 12.6. The van der Waals surface area contributed by atoms with Crippen LogP contribution < -0.4 is 27.0 Å². The van der Waals surface area contributed by atoms with Crippen molar-refractivity contribution in [3.05, 3.63) is 78.1 Å². The van der Waals surface area contributed by atoms with Crippen molar-refractivity contribution in [3.8, 4) is 0 Å². The van der Waals surface area contributed by atoms with Gasteiger partial charge in [-0.2, -0.15) is 0 Å². The van der Waals surface area contributed by atoms with Gasteiger partial charge in [0, 0.05) is 35.7 Å². The first kappa shape index (κ1) is 32.0. The van der Waals surface area contributed by atoms with Crippen molar-refractivity contribution in [2.75, 3.05) is 24.3 Å². The van der Waals surface area contributed by atoms with Crippen LogP contribution in [0.25, 0.3) is 0 Å². The maximum Gasteiger partial charge on any atom is 0.326 e. The molecule has 4 rings (SSSR count). The summed E-state index contributed by atoms with van der Waals surface area (Å²) in [5.41, 5.74) is 8.10. The van der Waals surface area contributed by atoms with Crippen LogP contribution in [-0.4, -0.2) is 58.7 Å². The number of carboxylic acids is 1. The topological polar surface area (TPSA) is 158 Å². The van der Waals surface area contributed by atoms with E-state index in [2.05, 4.69) is 40.0 Å². The summed E-state index contributed by atoms with van der Waals surface area (Å²) in [5.74, 6) is -0.438. The van der Waals surface area contributed by atoms with Gasteiger partial charge in [0.2, 0.25) is 11.8 Å². The molecule has 222 valence electrons. The van der Waals surface area contributed by atoms with E-state index in [1.807, 2.05) is 32.0 Å². The Bertz CT molecular complexity index is 1170. The Morgan fingerprint density at radius 2 is 1.83 bits per heavy atom. The molecule has 10 nitrogen and oxygen atoms in total. The number of nitrogens with one attached hydrogen (secondary N) is 4. The molecule has 7 N–H and O–H groups in total. The second-order valence-electron chi connectivity index (χ2n) is 10.5. The molecule has 0 aliphatic carbocycles. The van der Waals surface area contributed by atoms with Crippen LogP contribution in [0.5, 0.6) is 0 Å². The molecule has 2 saturated heterocycles. The van der Waals surface area contributed by atoms with Crippen molar-refractivity contribution in [2.24, 2.45) is 5.73 Å². The fourth-order valence-corrected chi connectivity index (χ4v) is 5.23. The zero-order valence-corrected chi connectivity index (χ0v) is 24.5. The van der Waals surface area contributed by atoms with E-state index in [4.69, 9.17) is 10.5 Å². The SMILES string of the molecule is C=C(N)NCCCCC(=O)Nc1ccc(CC(NC(=O)C2NCSC2(C)C)C(=O)O)cc1.c1ccc(C2CO2)cc1. The van der Waals surface area contributed by atoms with Crippen LogP contribution in [0.3, 0.4) is 0 Å². The molecule has 2 aromatic rings. The Labute approximate surface area is 245 Å². The first-order chi connectivity index (χ1) is 19.5. The number of anilines is 1. The summed E-state index contributed by atoms with van der Waals surface area (Å²) in [6, 6.07) is 15.8. The van der Waals surface area contributed by atoms with Crippen LogP contribution in [-0.2, 0) is 25.5 Å². The largest absolute Gasteiger partial charge is 0.480 e. The molecule has 0 radical (unpaired) electrons. The van der Waals surface area contributed by atoms with Crippen LogP contribution in [0.4, 0.5) is 5.69 Å². The van der Waals surface area contributed by atoms with Gasteiger partial charge in [-0.25, -0.2) is 4.79 Å². The average Bonchev–Trinajstić information content (AvgIpc) is 3.72. The van der Waals surface area contributed by atoms with Gasteiger partial charge in [0.25, 0.3) is 0 Å². The van der Waals surface area contributed by atoms with E-state index >= 15 is 0 Å². The van der Waals surface area contributed by atoms with E-state index in [0.717, 1.165) is 25.0 Å². The van der Waals surface area contributed by atoms with Crippen LogP contribution >= 0.6 is 11.8 Å². The zero-order valence-electron chi connectivity index (χ0n) is 23.7. The molecule has 3 unspecified atom stereocenters. The maximum atomic E-state index is 12.6. The molecule has 0 saturated carbocycles. The molecule has 41 heavy (non-hydrogen) atoms. The highest BCUT2D eigenvalue weighted by Gasteiger charge is 2.41. The lowest BCUT2D eigenvalue weighted by Crippen LogP contribution is -2.54. The first-order valence-corrected chi connectivity index (χ1v) is 14.7. The minimum absolute atomic E-state index is 0.0930. The number of rotatable bonds is 13.